The van der Waals surface area contributed by atoms with Crippen molar-refractivity contribution in [2.75, 3.05) is 24.3 Å². The number of nitro benzene ring substituents is 1. The van der Waals surface area contributed by atoms with Gasteiger partial charge in [0, 0.05) is 24.7 Å². The van der Waals surface area contributed by atoms with E-state index in [1.54, 1.807) is 6.92 Å². The Kier molecular flexibility index (Phi) is 5.93. The van der Waals surface area contributed by atoms with Crippen molar-refractivity contribution in [1.82, 2.24) is 5.32 Å². The van der Waals surface area contributed by atoms with Gasteiger partial charge in [-0.25, -0.2) is 4.79 Å². The van der Waals surface area contributed by atoms with E-state index in [-0.39, 0.29) is 23.6 Å². The van der Waals surface area contributed by atoms with E-state index in [0.717, 1.165) is 31.0 Å². The summed E-state index contributed by atoms with van der Waals surface area (Å²) in [5.74, 6) is 0.386. The molecule has 0 saturated heterocycles. The summed E-state index contributed by atoms with van der Waals surface area (Å²) in [4.78, 5) is 49.6. The van der Waals surface area contributed by atoms with Crippen molar-refractivity contribution in [3.8, 4) is 0 Å². The zero-order valence-electron chi connectivity index (χ0n) is 19.8. The molecule has 0 unspecified atom stereocenters. The predicted molar refractivity (Wildman–Crippen MR) is 128 cm³/mol. The molecule has 4 bridgehead atoms. The number of thioether (sulfide) groups is 1. The Hall–Kier alpha value is -2.82. The molecule has 1 aliphatic heterocycles. The molecule has 5 aliphatic rings. The zero-order chi connectivity index (χ0) is 25.0. The van der Waals surface area contributed by atoms with Crippen molar-refractivity contribution in [3.63, 3.8) is 0 Å². The van der Waals surface area contributed by atoms with Gasteiger partial charge in [-0.05, 0) is 69.3 Å². The Morgan fingerprint density at radius 3 is 2.40 bits per heavy atom. The normalized spacial score (nSPS) is 32.3. The Balaban J connectivity index is 1.46. The number of fused-ring (bicyclic) bond motifs is 1. The Labute approximate surface area is 207 Å². The fourth-order valence-corrected chi connectivity index (χ4v) is 8.01. The average molecular weight is 504 g/mol. The molecule has 10 nitrogen and oxygen atoms in total. The number of anilines is 1. The van der Waals surface area contributed by atoms with Gasteiger partial charge in [0.1, 0.15) is 5.60 Å². The molecule has 1 N–H and O–H groups in total. The van der Waals surface area contributed by atoms with Crippen molar-refractivity contribution in [2.24, 2.45) is 17.8 Å². The van der Waals surface area contributed by atoms with E-state index in [0.29, 0.717) is 23.4 Å². The monoisotopic (exact) mass is 503 g/mol. The fourth-order valence-electron chi connectivity index (χ4n) is 6.86. The minimum atomic E-state index is -1.75. The fraction of sp³-hybridized carbons (Fsp3) is 0.625. The lowest BCUT2D eigenvalue weighted by Gasteiger charge is -2.55. The van der Waals surface area contributed by atoms with Crippen LogP contribution in [0.1, 0.15) is 51.0 Å². The van der Waals surface area contributed by atoms with Crippen LogP contribution in [0.2, 0.25) is 0 Å². The highest BCUT2D eigenvalue weighted by Crippen LogP contribution is 2.57. The molecule has 11 heteroatoms. The van der Waals surface area contributed by atoms with E-state index in [4.69, 9.17) is 9.47 Å². The highest BCUT2D eigenvalue weighted by Gasteiger charge is 2.56. The van der Waals surface area contributed by atoms with Gasteiger partial charge in [-0.15, -0.1) is 11.8 Å². The summed E-state index contributed by atoms with van der Waals surface area (Å²) < 4.78 is 11.1. The van der Waals surface area contributed by atoms with Gasteiger partial charge in [0.25, 0.3) is 11.6 Å². The second-order valence-corrected chi connectivity index (χ2v) is 11.4. The van der Waals surface area contributed by atoms with E-state index in [1.165, 1.54) is 49.4 Å². The number of ether oxygens (including phenoxy) is 2. The van der Waals surface area contributed by atoms with Crippen LogP contribution in [-0.4, -0.2) is 47.9 Å². The molecule has 2 amide bonds. The molecule has 4 aliphatic carbocycles. The largest absolute Gasteiger partial charge is 0.465 e. The number of alkyl carbamates (subject to hydrolysis) is 1. The minimum Gasteiger partial charge on any atom is -0.465 e. The molecule has 4 saturated carbocycles. The van der Waals surface area contributed by atoms with Crippen LogP contribution in [0.25, 0.3) is 0 Å². The quantitative estimate of drug-likeness (QED) is 0.258. The number of non-ortho nitro benzene ring substituents is 1. The lowest BCUT2D eigenvalue weighted by Crippen LogP contribution is -2.56. The van der Waals surface area contributed by atoms with E-state index < -0.39 is 33.4 Å². The number of amides is 2. The van der Waals surface area contributed by atoms with E-state index in [2.05, 4.69) is 5.32 Å². The maximum absolute atomic E-state index is 13.5. The lowest BCUT2D eigenvalue weighted by atomic mass is 9.54. The molecule has 4 fully saturated rings. The number of likely N-dealkylation sites (N-methyl/N-ethyl adjacent to an activating group) is 1. The number of benzene rings is 1. The molecular formula is C24H29N3O7S. The summed E-state index contributed by atoms with van der Waals surface area (Å²) in [6.07, 6.45) is 5.28. The molecule has 1 aromatic carbocycles. The second-order valence-electron chi connectivity index (χ2n) is 10.2. The number of esters is 1. The third kappa shape index (κ3) is 4.13. The molecule has 1 heterocycles. The van der Waals surface area contributed by atoms with E-state index in [1.807, 2.05) is 0 Å². The van der Waals surface area contributed by atoms with E-state index >= 15 is 0 Å². The topological polar surface area (TPSA) is 128 Å². The first-order chi connectivity index (χ1) is 16.6. The third-order valence-corrected chi connectivity index (χ3v) is 9.13. The number of rotatable bonds is 7. The number of nitro groups is 1. The number of carbonyl (C=O) groups excluding carboxylic acids is 3. The summed E-state index contributed by atoms with van der Waals surface area (Å²) in [6, 6.07) is 4.06. The summed E-state index contributed by atoms with van der Waals surface area (Å²) in [5.41, 5.74) is -0.0857. The number of hydrogen-bond donors (Lipinski definition) is 1. The van der Waals surface area contributed by atoms with Crippen LogP contribution in [0.4, 0.5) is 16.2 Å². The van der Waals surface area contributed by atoms with Crippen LogP contribution in [0.3, 0.4) is 0 Å². The zero-order valence-corrected chi connectivity index (χ0v) is 20.6. The Morgan fingerprint density at radius 2 is 1.83 bits per heavy atom. The third-order valence-electron chi connectivity index (χ3n) is 7.82. The molecule has 0 spiro atoms. The van der Waals surface area contributed by atoms with Crippen LogP contribution in [0, 0.1) is 27.9 Å². The Bertz CT molecular complexity index is 1060. The van der Waals surface area contributed by atoms with Crippen LogP contribution >= 0.6 is 11.8 Å². The molecule has 0 aromatic heterocycles. The lowest BCUT2D eigenvalue weighted by molar-refractivity contribution is -0.384. The first-order valence-electron chi connectivity index (χ1n) is 12.0. The van der Waals surface area contributed by atoms with Crippen molar-refractivity contribution in [1.29, 1.82) is 0 Å². The molecular weight excluding hydrogens is 474 g/mol. The summed E-state index contributed by atoms with van der Waals surface area (Å²) >= 11 is 0.875. The second kappa shape index (κ2) is 8.69. The summed E-state index contributed by atoms with van der Waals surface area (Å²) in [5, 5.41) is 14.2. The van der Waals surface area contributed by atoms with Gasteiger partial charge < -0.3 is 14.4 Å². The maximum atomic E-state index is 13.5. The van der Waals surface area contributed by atoms with Crippen molar-refractivity contribution in [2.45, 2.75) is 55.9 Å². The standard InChI is InChI=1S/C24H29N3O7S/c1-3-33-20(28)13-35-24(18-9-17(27(31)32)4-5-19(18)26(2)21(24)29)25-22(30)34-23-10-14-6-15(11-23)8-16(7-14)12-23/h4-5,9,14-16H,3,6-8,10-13H2,1-2H3,(H,25,30)/t14?,15?,16?,23?,24-/m1/s1. The van der Waals surface area contributed by atoms with Gasteiger partial charge >= 0.3 is 12.1 Å². The van der Waals surface area contributed by atoms with Crippen LogP contribution in [0.5, 0.6) is 0 Å². The smallest absolute Gasteiger partial charge is 0.409 e. The maximum Gasteiger partial charge on any atom is 0.409 e. The molecule has 1 atom stereocenters. The molecule has 35 heavy (non-hydrogen) atoms. The molecule has 0 radical (unpaired) electrons. The molecule has 6 rings (SSSR count). The van der Waals surface area contributed by atoms with Gasteiger partial charge in [-0.3, -0.25) is 25.0 Å². The molecule has 1 aromatic rings. The SMILES string of the molecule is CCOC(=O)CS[C@@]1(NC(=O)OC23CC4CC(CC(C4)C2)C3)C(=O)N(C)c2ccc([N+](=O)[O-])cc21. The van der Waals surface area contributed by atoms with Crippen molar-refractivity contribution >= 4 is 41.1 Å². The van der Waals surface area contributed by atoms with Crippen molar-refractivity contribution in [3.05, 3.63) is 33.9 Å². The van der Waals surface area contributed by atoms with E-state index in [9.17, 15) is 24.5 Å². The average Bonchev–Trinajstić information content (AvgIpc) is 2.98. The molecule has 188 valence electrons. The van der Waals surface area contributed by atoms with Gasteiger partial charge in [-0.1, -0.05) is 0 Å². The summed E-state index contributed by atoms with van der Waals surface area (Å²) in [6.45, 7) is 1.84. The first-order valence-corrected chi connectivity index (χ1v) is 13.0. The van der Waals surface area contributed by atoms with Gasteiger partial charge in [0.15, 0.2) is 4.87 Å². The van der Waals surface area contributed by atoms with Gasteiger partial charge in [0.2, 0.25) is 0 Å². The van der Waals surface area contributed by atoms with Crippen LogP contribution in [-0.2, 0) is 23.9 Å². The number of carbonyl (C=O) groups is 3. The summed E-state index contributed by atoms with van der Waals surface area (Å²) in [7, 11) is 1.53. The first kappa shape index (κ1) is 23.9. The van der Waals surface area contributed by atoms with Gasteiger partial charge in [-0.2, -0.15) is 0 Å². The number of nitrogens with one attached hydrogen (secondary N) is 1. The number of nitrogens with zero attached hydrogens (tertiary/aromatic N) is 2. The highest BCUT2D eigenvalue weighted by molar-refractivity contribution is 8.01. The highest BCUT2D eigenvalue weighted by atomic mass is 32.2. The van der Waals surface area contributed by atoms with Crippen LogP contribution < -0.4 is 10.2 Å². The van der Waals surface area contributed by atoms with Crippen molar-refractivity contribution < 1.29 is 28.8 Å². The predicted octanol–water partition coefficient (Wildman–Crippen LogP) is 3.72. The Morgan fingerprint density at radius 1 is 1.20 bits per heavy atom. The van der Waals surface area contributed by atoms with Crippen LogP contribution in [0.15, 0.2) is 18.2 Å². The minimum absolute atomic E-state index is 0.170. The number of hydrogen-bond acceptors (Lipinski definition) is 8. The van der Waals surface area contributed by atoms with Gasteiger partial charge in [0.05, 0.1) is 23.0 Å².